The van der Waals surface area contributed by atoms with Crippen LogP contribution in [0.5, 0.6) is 0 Å². The van der Waals surface area contributed by atoms with Crippen LogP contribution >= 0.6 is 31.9 Å². The van der Waals surface area contributed by atoms with Gasteiger partial charge >= 0.3 is 0 Å². The van der Waals surface area contributed by atoms with Crippen LogP contribution in [0.1, 0.15) is 34.5 Å². The number of aromatic nitrogens is 1. The van der Waals surface area contributed by atoms with Gasteiger partial charge in [0.05, 0.1) is 0 Å². The number of rotatable bonds is 3. The van der Waals surface area contributed by atoms with E-state index in [0.717, 1.165) is 10.2 Å². The zero-order valence-corrected chi connectivity index (χ0v) is 13.6. The summed E-state index contributed by atoms with van der Waals surface area (Å²) in [7, 11) is 0. The molecule has 0 fully saturated rings. The second-order valence-corrected chi connectivity index (χ2v) is 6.29. The molecule has 1 heterocycles. The van der Waals surface area contributed by atoms with Crippen LogP contribution < -0.4 is 0 Å². The first-order valence-electron chi connectivity index (χ1n) is 5.90. The summed E-state index contributed by atoms with van der Waals surface area (Å²) in [4.78, 5) is 4.69. The van der Waals surface area contributed by atoms with E-state index in [2.05, 4.69) is 75.0 Å². The number of alkyl halides is 1. The maximum Gasteiger partial charge on any atom is 0.0476 e. The van der Waals surface area contributed by atoms with Gasteiger partial charge in [0, 0.05) is 27.1 Å². The van der Waals surface area contributed by atoms with Gasteiger partial charge in [-0.2, -0.15) is 0 Å². The molecule has 0 aliphatic heterocycles. The topological polar surface area (TPSA) is 12.9 Å². The van der Waals surface area contributed by atoms with Crippen molar-refractivity contribution in [3.8, 4) is 0 Å². The highest BCUT2D eigenvalue weighted by Crippen LogP contribution is 2.38. The molecular weight excluding hydrogens is 354 g/mol. The molecule has 0 spiro atoms. The smallest absolute Gasteiger partial charge is 0.0476 e. The molecule has 0 saturated heterocycles. The van der Waals surface area contributed by atoms with E-state index >= 15 is 0 Å². The van der Waals surface area contributed by atoms with Gasteiger partial charge in [-0.25, -0.2) is 0 Å². The van der Waals surface area contributed by atoms with Crippen LogP contribution in [0.4, 0.5) is 0 Å². The second kappa shape index (κ2) is 5.98. The predicted octanol–water partition coefficient (Wildman–Crippen LogP) is 5.39. The van der Waals surface area contributed by atoms with Gasteiger partial charge in [-0.15, -0.1) is 0 Å². The Balaban J connectivity index is 2.25. The first kappa shape index (κ1) is 13.8. The van der Waals surface area contributed by atoms with Crippen LogP contribution in [0, 0.1) is 6.92 Å². The van der Waals surface area contributed by atoms with Crippen molar-refractivity contribution in [3.05, 3.63) is 63.9 Å². The lowest BCUT2D eigenvalue weighted by Gasteiger charge is -2.19. The third kappa shape index (κ3) is 3.01. The zero-order chi connectivity index (χ0) is 13.1. The molecular formula is C15H15Br2N. The lowest BCUT2D eigenvalue weighted by atomic mass is 9.97. The highest BCUT2D eigenvalue weighted by atomic mass is 79.9. The molecule has 2 unspecified atom stereocenters. The molecule has 2 aromatic rings. The molecule has 0 saturated carbocycles. The van der Waals surface area contributed by atoms with E-state index in [1.54, 1.807) is 0 Å². The maximum absolute atomic E-state index is 4.42. The van der Waals surface area contributed by atoms with Crippen molar-refractivity contribution in [2.75, 3.05) is 0 Å². The Morgan fingerprint density at radius 2 is 1.94 bits per heavy atom. The Morgan fingerprint density at radius 3 is 2.56 bits per heavy atom. The van der Waals surface area contributed by atoms with Gasteiger partial charge in [0.2, 0.25) is 0 Å². The van der Waals surface area contributed by atoms with Crippen LogP contribution in [0.2, 0.25) is 0 Å². The highest BCUT2D eigenvalue weighted by Gasteiger charge is 2.19. The summed E-state index contributed by atoms with van der Waals surface area (Å²) in [6.07, 6.45) is 1.84. The van der Waals surface area contributed by atoms with Crippen molar-refractivity contribution in [2.45, 2.75) is 24.6 Å². The van der Waals surface area contributed by atoms with Crippen LogP contribution in [0.15, 0.2) is 47.1 Å². The van der Waals surface area contributed by atoms with Crippen molar-refractivity contribution >= 4 is 31.9 Å². The second-order valence-electron chi connectivity index (χ2n) is 4.45. The van der Waals surface area contributed by atoms with Crippen molar-refractivity contribution in [1.29, 1.82) is 0 Å². The van der Waals surface area contributed by atoms with E-state index in [9.17, 15) is 0 Å². The molecule has 0 aliphatic carbocycles. The van der Waals surface area contributed by atoms with E-state index in [-0.39, 0.29) is 4.83 Å². The third-order valence-corrected chi connectivity index (χ3v) is 5.28. The summed E-state index contributed by atoms with van der Waals surface area (Å²) in [5, 5.41) is 0. The third-order valence-electron chi connectivity index (χ3n) is 3.11. The lowest BCUT2D eigenvalue weighted by Crippen LogP contribution is -2.04. The van der Waals surface area contributed by atoms with Crippen molar-refractivity contribution in [2.24, 2.45) is 0 Å². The minimum atomic E-state index is 0.268. The average molecular weight is 369 g/mol. The molecule has 0 bridgehead atoms. The van der Waals surface area contributed by atoms with Crippen LogP contribution in [-0.2, 0) is 0 Å². The quantitative estimate of drug-likeness (QED) is 0.661. The summed E-state index contributed by atoms with van der Waals surface area (Å²) in [6, 6.07) is 12.5. The number of nitrogens with zero attached hydrogens (tertiary/aromatic N) is 1. The summed E-state index contributed by atoms with van der Waals surface area (Å²) in [5.41, 5.74) is 3.63. The molecule has 0 N–H and O–H groups in total. The Kier molecular flexibility index (Phi) is 4.57. The molecule has 18 heavy (non-hydrogen) atoms. The van der Waals surface area contributed by atoms with Gasteiger partial charge in [0.25, 0.3) is 0 Å². The van der Waals surface area contributed by atoms with Crippen molar-refractivity contribution < 1.29 is 0 Å². The van der Waals surface area contributed by atoms with E-state index in [1.165, 1.54) is 11.1 Å². The number of halogens is 2. The van der Waals surface area contributed by atoms with E-state index in [4.69, 9.17) is 0 Å². The molecule has 1 aromatic heterocycles. The Morgan fingerprint density at radius 1 is 1.17 bits per heavy atom. The first-order valence-corrected chi connectivity index (χ1v) is 7.61. The minimum absolute atomic E-state index is 0.268. The molecule has 0 amide bonds. The minimum Gasteiger partial charge on any atom is -0.261 e. The summed E-state index contributed by atoms with van der Waals surface area (Å²) >= 11 is 7.37. The molecule has 94 valence electrons. The molecule has 1 nitrogen and oxygen atoms in total. The molecule has 3 heteroatoms. The Hall–Kier alpha value is -0.670. The standard InChI is InChI=1S/C15H15Br2N/c1-10-6-7-12(9-13(10)16)15(17)11(2)14-5-3-4-8-18-14/h3-9,11,15H,1-2H3. The molecule has 2 rings (SSSR count). The molecule has 2 atom stereocenters. The number of hydrogen-bond acceptors (Lipinski definition) is 1. The van der Waals surface area contributed by atoms with E-state index in [1.807, 2.05) is 18.3 Å². The first-order chi connectivity index (χ1) is 8.59. The summed E-state index contributed by atoms with van der Waals surface area (Å²) < 4.78 is 1.15. The fraction of sp³-hybridized carbons (Fsp3) is 0.267. The Bertz CT molecular complexity index is 525. The number of aryl methyl sites for hydroxylation is 1. The zero-order valence-electron chi connectivity index (χ0n) is 10.4. The normalized spacial score (nSPS) is 14.2. The monoisotopic (exact) mass is 367 g/mol. The molecule has 0 radical (unpaired) electrons. The molecule has 0 aliphatic rings. The van der Waals surface area contributed by atoms with Crippen molar-refractivity contribution in [3.63, 3.8) is 0 Å². The van der Waals surface area contributed by atoms with Gasteiger partial charge in [-0.3, -0.25) is 4.98 Å². The maximum atomic E-state index is 4.42. The Labute approximate surface area is 125 Å². The average Bonchev–Trinajstić information content (AvgIpc) is 2.41. The van der Waals surface area contributed by atoms with Gasteiger partial charge in [0.15, 0.2) is 0 Å². The summed E-state index contributed by atoms with van der Waals surface area (Å²) in [6.45, 7) is 4.29. The lowest BCUT2D eigenvalue weighted by molar-refractivity contribution is 0.724. The fourth-order valence-corrected chi connectivity index (χ4v) is 2.82. The van der Waals surface area contributed by atoms with E-state index in [0.29, 0.717) is 5.92 Å². The van der Waals surface area contributed by atoms with Gasteiger partial charge in [0.1, 0.15) is 0 Å². The summed E-state index contributed by atoms with van der Waals surface area (Å²) in [5.74, 6) is 0.334. The SMILES string of the molecule is Cc1ccc(C(Br)C(C)c2ccccn2)cc1Br. The van der Waals surface area contributed by atoms with E-state index < -0.39 is 0 Å². The van der Waals surface area contributed by atoms with Gasteiger partial charge in [-0.05, 0) is 36.2 Å². The molecule has 1 aromatic carbocycles. The fourth-order valence-electron chi connectivity index (χ4n) is 1.86. The van der Waals surface area contributed by atoms with Crippen LogP contribution in [0.25, 0.3) is 0 Å². The predicted molar refractivity (Wildman–Crippen MR) is 83.2 cm³/mol. The number of benzene rings is 1. The number of pyridine rings is 1. The highest BCUT2D eigenvalue weighted by molar-refractivity contribution is 9.10. The van der Waals surface area contributed by atoms with Gasteiger partial charge in [-0.1, -0.05) is 57.0 Å². The van der Waals surface area contributed by atoms with Crippen LogP contribution in [0.3, 0.4) is 0 Å². The number of hydrogen-bond donors (Lipinski definition) is 0. The van der Waals surface area contributed by atoms with Gasteiger partial charge < -0.3 is 0 Å². The van der Waals surface area contributed by atoms with Crippen LogP contribution in [-0.4, -0.2) is 4.98 Å². The largest absolute Gasteiger partial charge is 0.261 e. The van der Waals surface area contributed by atoms with Crippen molar-refractivity contribution in [1.82, 2.24) is 4.98 Å².